The summed E-state index contributed by atoms with van der Waals surface area (Å²) in [7, 11) is 0. The maximum atomic E-state index is 12.1. The molecule has 0 aromatic rings. The van der Waals surface area contributed by atoms with Crippen LogP contribution in [-0.2, 0) is 4.79 Å². The van der Waals surface area contributed by atoms with Gasteiger partial charge in [-0.05, 0) is 50.5 Å². The van der Waals surface area contributed by atoms with Gasteiger partial charge < -0.3 is 5.11 Å². The molecule has 1 saturated carbocycles. The number of allylic oxidation sites excluding steroid dienone is 2. The predicted octanol–water partition coefficient (Wildman–Crippen LogP) is 3.24. The number of fused-ring (bicyclic) bond motifs is 2. The molecule has 0 amide bonds. The Hall–Kier alpha value is -0.630. The van der Waals surface area contributed by atoms with E-state index in [1.807, 2.05) is 13.0 Å². The average Bonchev–Trinajstić information content (AvgIpc) is 2.27. The van der Waals surface area contributed by atoms with Crippen LogP contribution in [0.4, 0.5) is 0 Å². The van der Waals surface area contributed by atoms with Gasteiger partial charge in [-0.15, -0.1) is 0 Å². The van der Waals surface area contributed by atoms with Crippen LogP contribution in [0, 0.1) is 11.3 Å². The molecule has 1 N–H and O–H groups in total. The zero-order chi connectivity index (χ0) is 12.7. The minimum atomic E-state index is -0.788. The topological polar surface area (TPSA) is 37.3 Å². The minimum Gasteiger partial charge on any atom is -0.389 e. The van der Waals surface area contributed by atoms with Gasteiger partial charge in [0.05, 0.1) is 11.5 Å². The van der Waals surface area contributed by atoms with Crippen molar-refractivity contribution >= 4 is 5.78 Å². The maximum absolute atomic E-state index is 12.1. The lowest BCUT2D eigenvalue weighted by atomic mass is 9.57. The van der Waals surface area contributed by atoms with Crippen LogP contribution < -0.4 is 0 Å². The Morgan fingerprint density at radius 3 is 2.76 bits per heavy atom. The summed E-state index contributed by atoms with van der Waals surface area (Å²) >= 11 is 0. The number of rotatable bonds is 3. The Balaban J connectivity index is 2.27. The minimum absolute atomic E-state index is 0.151. The number of hydrogen-bond donors (Lipinski definition) is 1. The fraction of sp³-hybridized carbons (Fsp3) is 0.800. The summed E-state index contributed by atoms with van der Waals surface area (Å²) < 4.78 is 0. The molecule has 0 aliphatic heterocycles. The van der Waals surface area contributed by atoms with Gasteiger partial charge in [-0.25, -0.2) is 0 Å². The standard InChI is InChI=1S/C15H24O2/c1-4-5-6-11-9-13(16)12-10-14(11,2)7-8-15(12,3)17/h9,12,17H,4-8,10H2,1-3H3/t12-,14+,15?/m0/s1. The van der Waals surface area contributed by atoms with Gasteiger partial charge in [-0.2, -0.15) is 0 Å². The van der Waals surface area contributed by atoms with E-state index in [1.165, 1.54) is 12.0 Å². The fourth-order valence-corrected chi connectivity index (χ4v) is 3.36. The molecule has 0 heterocycles. The first-order valence-corrected chi connectivity index (χ1v) is 6.86. The van der Waals surface area contributed by atoms with Crippen molar-refractivity contribution < 1.29 is 9.90 Å². The third-order valence-corrected chi connectivity index (χ3v) is 4.82. The van der Waals surface area contributed by atoms with Crippen molar-refractivity contribution in [3.63, 3.8) is 0 Å². The molecular weight excluding hydrogens is 212 g/mol. The van der Waals surface area contributed by atoms with Crippen molar-refractivity contribution in [3.8, 4) is 0 Å². The second kappa shape index (κ2) is 4.24. The van der Waals surface area contributed by atoms with E-state index in [0.29, 0.717) is 0 Å². The number of hydrogen-bond acceptors (Lipinski definition) is 2. The molecule has 2 rings (SSSR count). The number of unbranched alkanes of at least 4 members (excludes halogenated alkanes) is 1. The van der Waals surface area contributed by atoms with E-state index in [-0.39, 0.29) is 17.1 Å². The number of aliphatic hydroxyl groups is 1. The van der Waals surface area contributed by atoms with Crippen LogP contribution in [0.3, 0.4) is 0 Å². The van der Waals surface area contributed by atoms with Crippen molar-refractivity contribution in [1.82, 2.24) is 0 Å². The summed E-state index contributed by atoms with van der Waals surface area (Å²) in [6.07, 6.45) is 7.83. The molecule has 2 nitrogen and oxygen atoms in total. The highest BCUT2D eigenvalue weighted by atomic mass is 16.3. The van der Waals surface area contributed by atoms with Crippen molar-refractivity contribution in [2.45, 2.75) is 64.9 Å². The maximum Gasteiger partial charge on any atom is 0.161 e. The third kappa shape index (κ3) is 2.20. The van der Waals surface area contributed by atoms with Crippen LogP contribution in [0.25, 0.3) is 0 Å². The van der Waals surface area contributed by atoms with Crippen LogP contribution in [0.15, 0.2) is 11.6 Å². The van der Waals surface area contributed by atoms with E-state index in [1.54, 1.807) is 0 Å². The van der Waals surface area contributed by atoms with Crippen molar-refractivity contribution in [1.29, 1.82) is 0 Å². The zero-order valence-electron chi connectivity index (χ0n) is 11.3. The van der Waals surface area contributed by atoms with E-state index in [2.05, 4.69) is 13.8 Å². The summed E-state index contributed by atoms with van der Waals surface area (Å²) in [6.45, 7) is 6.27. The molecule has 2 heteroatoms. The second-order valence-electron chi connectivity index (χ2n) is 6.35. The first kappa shape index (κ1) is 12.8. The van der Waals surface area contributed by atoms with Gasteiger partial charge in [0, 0.05) is 0 Å². The lowest BCUT2D eigenvalue weighted by Crippen LogP contribution is -2.50. The molecule has 2 aliphatic carbocycles. The summed E-state index contributed by atoms with van der Waals surface area (Å²) in [5, 5.41) is 10.3. The molecule has 0 spiro atoms. The van der Waals surface area contributed by atoms with Gasteiger partial charge in [0.15, 0.2) is 5.78 Å². The molecule has 0 saturated heterocycles. The Kier molecular flexibility index (Phi) is 3.19. The molecule has 2 aliphatic rings. The van der Waals surface area contributed by atoms with Gasteiger partial charge in [0.25, 0.3) is 0 Å². The molecule has 1 fully saturated rings. The summed E-state index contributed by atoms with van der Waals surface area (Å²) in [5.41, 5.74) is 0.704. The van der Waals surface area contributed by atoms with Gasteiger partial charge in [-0.3, -0.25) is 4.79 Å². The highest BCUT2D eigenvalue weighted by molar-refractivity contribution is 5.94. The van der Waals surface area contributed by atoms with Gasteiger partial charge >= 0.3 is 0 Å². The average molecular weight is 236 g/mol. The summed E-state index contributed by atoms with van der Waals surface area (Å²) in [4.78, 5) is 12.1. The van der Waals surface area contributed by atoms with E-state index < -0.39 is 5.60 Å². The van der Waals surface area contributed by atoms with Crippen LogP contribution >= 0.6 is 0 Å². The van der Waals surface area contributed by atoms with E-state index in [4.69, 9.17) is 0 Å². The lowest BCUT2D eigenvalue weighted by molar-refractivity contribution is -0.136. The van der Waals surface area contributed by atoms with Crippen LogP contribution in [0.1, 0.15) is 59.3 Å². The van der Waals surface area contributed by atoms with Crippen molar-refractivity contribution in [2.75, 3.05) is 0 Å². The van der Waals surface area contributed by atoms with E-state index in [9.17, 15) is 9.90 Å². The highest BCUT2D eigenvalue weighted by Crippen LogP contribution is 2.52. The molecule has 0 radical (unpaired) electrons. The molecule has 2 bridgehead atoms. The molecule has 0 aromatic carbocycles. The molecule has 96 valence electrons. The molecule has 3 atom stereocenters. The third-order valence-electron chi connectivity index (χ3n) is 4.82. The molecular formula is C15H24O2. The first-order valence-electron chi connectivity index (χ1n) is 6.86. The highest BCUT2D eigenvalue weighted by Gasteiger charge is 2.50. The zero-order valence-corrected chi connectivity index (χ0v) is 11.3. The first-order chi connectivity index (χ1) is 7.89. The monoisotopic (exact) mass is 236 g/mol. The van der Waals surface area contributed by atoms with Crippen LogP contribution in [0.5, 0.6) is 0 Å². The van der Waals surface area contributed by atoms with Gasteiger partial charge in [0.1, 0.15) is 0 Å². The van der Waals surface area contributed by atoms with Crippen molar-refractivity contribution in [3.05, 3.63) is 11.6 Å². The lowest BCUT2D eigenvalue weighted by Gasteiger charge is -2.49. The quantitative estimate of drug-likeness (QED) is 0.816. The van der Waals surface area contributed by atoms with Crippen molar-refractivity contribution in [2.24, 2.45) is 11.3 Å². The van der Waals surface area contributed by atoms with Crippen LogP contribution in [0.2, 0.25) is 0 Å². The summed E-state index contributed by atoms with van der Waals surface area (Å²) in [6, 6.07) is 0. The Bertz CT molecular complexity index is 354. The van der Waals surface area contributed by atoms with Crippen LogP contribution in [-0.4, -0.2) is 16.5 Å². The smallest absolute Gasteiger partial charge is 0.161 e. The predicted molar refractivity (Wildman–Crippen MR) is 68.7 cm³/mol. The van der Waals surface area contributed by atoms with E-state index in [0.717, 1.165) is 32.1 Å². The molecule has 0 aromatic heterocycles. The number of carbonyl (C=O) groups is 1. The van der Waals surface area contributed by atoms with E-state index >= 15 is 0 Å². The summed E-state index contributed by atoms with van der Waals surface area (Å²) in [5.74, 6) is -0.0232. The Labute approximate surface area is 104 Å². The van der Waals surface area contributed by atoms with Gasteiger partial charge in [-0.1, -0.05) is 25.8 Å². The Morgan fingerprint density at radius 2 is 2.12 bits per heavy atom. The number of ketones is 1. The molecule has 1 unspecified atom stereocenters. The van der Waals surface area contributed by atoms with Gasteiger partial charge in [0.2, 0.25) is 0 Å². The number of carbonyl (C=O) groups excluding carboxylic acids is 1. The Morgan fingerprint density at radius 1 is 1.41 bits per heavy atom. The largest absolute Gasteiger partial charge is 0.389 e. The second-order valence-corrected chi connectivity index (χ2v) is 6.35. The molecule has 17 heavy (non-hydrogen) atoms. The SMILES string of the molecule is CCCCC1=CC(=O)[C@@H]2C[C@@]1(C)CCC2(C)O. The fourth-order valence-electron chi connectivity index (χ4n) is 3.36. The normalized spacial score (nSPS) is 41.3.